The Morgan fingerprint density at radius 1 is 1.24 bits per heavy atom. The number of benzene rings is 1. The van der Waals surface area contributed by atoms with Gasteiger partial charge < -0.3 is 4.74 Å². The van der Waals surface area contributed by atoms with Crippen LogP contribution in [0.25, 0.3) is 0 Å². The lowest BCUT2D eigenvalue weighted by atomic mass is 9.86. The van der Waals surface area contributed by atoms with Crippen LogP contribution in [-0.4, -0.2) is 10.9 Å². The van der Waals surface area contributed by atoms with E-state index in [1.807, 2.05) is 0 Å². The fourth-order valence-electron chi connectivity index (χ4n) is 2.03. The second kappa shape index (κ2) is 4.64. The lowest BCUT2D eigenvalue weighted by Crippen LogP contribution is -2.34. The molecule has 0 saturated heterocycles. The van der Waals surface area contributed by atoms with Crippen LogP contribution in [0.5, 0.6) is 5.75 Å². The third-order valence-electron chi connectivity index (χ3n) is 3.37. The van der Waals surface area contributed by atoms with Crippen LogP contribution >= 0.6 is 15.9 Å². The zero-order valence-corrected chi connectivity index (χ0v) is 12.7. The predicted octanol–water partition coefficient (Wildman–Crippen LogP) is 4.60. The number of hydrogen-bond acceptors (Lipinski definition) is 1. The number of ether oxygens (including phenoxy) is 1. The van der Waals surface area contributed by atoms with Crippen molar-refractivity contribution >= 4 is 15.9 Å². The van der Waals surface area contributed by atoms with E-state index < -0.39 is 0 Å². The Balaban J connectivity index is 2.09. The second-order valence-electron chi connectivity index (χ2n) is 6.04. The molecular weight excluding hydrogens is 276 g/mol. The minimum atomic E-state index is 0.209. The van der Waals surface area contributed by atoms with E-state index in [1.54, 1.807) is 0 Å². The summed E-state index contributed by atoms with van der Waals surface area (Å²) in [7, 11) is 0. The van der Waals surface area contributed by atoms with Crippen molar-refractivity contribution in [3.63, 3.8) is 0 Å². The van der Waals surface area contributed by atoms with Crippen molar-refractivity contribution in [3.8, 4) is 5.75 Å². The molecule has 0 radical (unpaired) electrons. The third-order valence-corrected chi connectivity index (χ3v) is 4.12. The molecule has 94 valence electrons. The highest BCUT2D eigenvalue weighted by Crippen LogP contribution is 2.33. The summed E-state index contributed by atoms with van der Waals surface area (Å²) in [5, 5.41) is 0. The summed E-state index contributed by atoms with van der Waals surface area (Å²) in [6.07, 6.45) is 2.65. The molecule has 1 fully saturated rings. The largest absolute Gasteiger partial charge is 0.490 e. The van der Waals surface area contributed by atoms with Crippen molar-refractivity contribution in [2.24, 2.45) is 0 Å². The predicted molar refractivity (Wildman–Crippen MR) is 76.2 cm³/mol. The van der Waals surface area contributed by atoms with E-state index in [2.05, 4.69) is 61.8 Å². The standard InChI is InChI=1S/C15H21BrO/c1-10-7-11(15(2,3)4)5-6-14(10)17-13-8-12(16)9-13/h5-7,12-13H,8-9H2,1-4H3. The first-order valence-electron chi connectivity index (χ1n) is 6.28. The van der Waals surface area contributed by atoms with Crippen molar-refractivity contribution in [1.29, 1.82) is 0 Å². The van der Waals surface area contributed by atoms with Crippen LogP contribution in [0.4, 0.5) is 0 Å². The van der Waals surface area contributed by atoms with Crippen LogP contribution in [-0.2, 0) is 5.41 Å². The highest BCUT2D eigenvalue weighted by Gasteiger charge is 2.29. The molecule has 2 rings (SSSR count). The van der Waals surface area contributed by atoms with Crippen molar-refractivity contribution in [2.75, 3.05) is 0 Å². The molecular formula is C15H21BrO. The van der Waals surface area contributed by atoms with Gasteiger partial charge in [-0.2, -0.15) is 0 Å². The molecule has 1 saturated carbocycles. The molecule has 0 heterocycles. The molecule has 17 heavy (non-hydrogen) atoms. The summed E-state index contributed by atoms with van der Waals surface area (Å²) in [5.74, 6) is 1.04. The van der Waals surface area contributed by atoms with E-state index in [-0.39, 0.29) is 5.41 Å². The van der Waals surface area contributed by atoms with Crippen molar-refractivity contribution < 1.29 is 4.74 Å². The fraction of sp³-hybridized carbons (Fsp3) is 0.600. The number of alkyl halides is 1. The number of rotatable bonds is 2. The molecule has 1 aliphatic rings. The highest BCUT2D eigenvalue weighted by atomic mass is 79.9. The van der Waals surface area contributed by atoms with E-state index in [0.717, 1.165) is 18.6 Å². The van der Waals surface area contributed by atoms with Crippen LogP contribution in [0.2, 0.25) is 0 Å². The van der Waals surface area contributed by atoms with Gasteiger partial charge in [-0.25, -0.2) is 0 Å². The Morgan fingerprint density at radius 3 is 2.35 bits per heavy atom. The normalized spacial score (nSPS) is 24.3. The summed E-state index contributed by atoms with van der Waals surface area (Å²) in [5.41, 5.74) is 2.82. The zero-order valence-electron chi connectivity index (χ0n) is 11.1. The van der Waals surface area contributed by atoms with Crippen molar-refractivity contribution in [1.82, 2.24) is 0 Å². The molecule has 0 spiro atoms. The zero-order chi connectivity index (χ0) is 12.6. The average molecular weight is 297 g/mol. The van der Waals surface area contributed by atoms with Gasteiger partial charge in [0, 0.05) is 4.83 Å². The summed E-state index contributed by atoms with van der Waals surface area (Å²) in [4.78, 5) is 0.654. The van der Waals surface area contributed by atoms with Crippen LogP contribution in [0.1, 0.15) is 44.7 Å². The van der Waals surface area contributed by atoms with E-state index in [9.17, 15) is 0 Å². The molecule has 2 heteroatoms. The van der Waals surface area contributed by atoms with Gasteiger partial charge in [-0.15, -0.1) is 0 Å². The SMILES string of the molecule is Cc1cc(C(C)(C)C)ccc1OC1CC(Br)C1. The summed E-state index contributed by atoms with van der Waals surface area (Å²) in [6, 6.07) is 6.56. The molecule has 0 N–H and O–H groups in total. The first kappa shape index (κ1) is 12.9. The van der Waals surface area contributed by atoms with E-state index >= 15 is 0 Å². The number of halogens is 1. The quantitative estimate of drug-likeness (QED) is 0.725. The second-order valence-corrected chi connectivity index (χ2v) is 7.33. The number of aryl methyl sites for hydroxylation is 1. The minimum Gasteiger partial charge on any atom is -0.490 e. The van der Waals surface area contributed by atoms with E-state index in [0.29, 0.717) is 10.9 Å². The molecule has 1 aromatic carbocycles. The monoisotopic (exact) mass is 296 g/mol. The van der Waals surface area contributed by atoms with Crippen molar-refractivity contribution in [2.45, 2.75) is 56.9 Å². The maximum atomic E-state index is 5.99. The Bertz CT molecular complexity index is 400. The molecule has 1 aliphatic carbocycles. The van der Waals surface area contributed by atoms with Gasteiger partial charge in [-0.1, -0.05) is 48.8 Å². The van der Waals surface area contributed by atoms with Crippen LogP contribution in [0.3, 0.4) is 0 Å². The maximum absolute atomic E-state index is 5.99. The first-order chi connectivity index (χ1) is 7.86. The molecule has 0 bridgehead atoms. The van der Waals surface area contributed by atoms with Gasteiger partial charge in [0.1, 0.15) is 11.9 Å². The topological polar surface area (TPSA) is 9.23 Å². The van der Waals surface area contributed by atoms with Crippen LogP contribution in [0, 0.1) is 6.92 Å². The van der Waals surface area contributed by atoms with Gasteiger partial charge in [0.05, 0.1) is 0 Å². The molecule has 0 atom stereocenters. The first-order valence-corrected chi connectivity index (χ1v) is 7.19. The molecule has 1 aromatic rings. The van der Waals surface area contributed by atoms with E-state index in [4.69, 9.17) is 4.74 Å². The van der Waals surface area contributed by atoms with Gasteiger partial charge in [-0.3, -0.25) is 0 Å². The Hall–Kier alpha value is -0.500. The van der Waals surface area contributed by atoms with Gasteiger partial charge >= 0.3 is 0 Å². The Morgan fingerprint density at radius 2 is 1.88 bits per heavy atom. The van der Waals surface area contributed by atoms with Gasteiger partial charge in [0.2, 0.25) is 0 Å². The maximum Gasteiger partial charge on any atom is 0.122 e. The van der Waals surface area contributed by atoms with Gasteiger partial charge in [0.25, 0.3) is 0 Å². The van der Waals surface area contributed by atoms with Gasteiger partial charge in [-0.05, 0) is 42.4 Å². The van der Waals surface area contributed by atoms with E-state index in [1.165, 1.54) is 11.1 Å². The van der Waals surface area contributed by atoms with Crippen LogP contribution in [0.15, 0.2) is 18.2 Å². The summed E-state index contributed by atoms with van der Waals surface area (Å²) >= 11 is 3.59. The minimum absolute atomic E-state index is 0.209. The Labute approximate surface area is 113 Å². The Kier molecular flexibility index (Phi) is 3.53. The lowest BCUT2D eigenvalue weighted by Gasteiger charge is -2.32. The lowest BCUT2D eigenvalue weighted by molar-refractivity contribution is 0.127. The summed E-state index contributed by atoms with van der Waals surface area (Å²) < 4.78 is 5.99. The summed E-state index contributed by atoms with van der Waals surface area (Å²) in [6.45, 7) is 8.85. The molecule has 0 amide bonds. The smallest absolute Gasteiger partial charge is 0.122 e. The van der Waals surface area contributed by atoms with Crippen molar-refractivity contribution in [3.05, 3.63) is 29.3 Å². The average Bonchev–Trinajstić information content (AvgIpc) is 2.16. The molecule has 1 nitrogen and oxygen atoms in total. The fourth-order valence-corrected chi connectivity index (χ4v) is 2.86. The molecule has 0 aliphatic heterocycles. The van der Waals surface area contributed by atoms with Gasteiger partial charge in [0.15, 0.2) is 0 Å². The molecule has 0 unspecified atom stereocenters. The third kappa shape index (κ3) is 3.04. The van der Waals surface area contributed by atoms with Crippen LogP contribution < -0.4 is 4.74 Å². The molecule has 0 aromatic heterocycles. The highest BCUT2D eigenvalue weighted by molar-refractivity contribution is 9.09. The number of hydrogen-bond donors (Lipinski definition) is 0.